The Balaban J connectivity index is 2.08. The van der Waals surface area contributed by atoms with E-state index in [-0.39, 0.29) is 5.54 Å². The molecule has 1 aliphatic heterocycles. The zero-order valence-electron chi connectivity index (χ0n) is 7.25. The number of aromatic nitrogens is 2. The van der Waals surface area contributed by atoms with Crippen molar-refractivity contribution >= 4 is 0 Å². The fourth-order valence-electron chi connectivity index (χ4n) is 1.51. The van der Waals surface area contributed by atoms with Crippen molar-refractivity contribution in [1.82, 2.24) is 15.1 Å². The third kappa shape index (κ3) is 1.23. The molecule has 0 aliphatic carbocycles. The van der Waals surface area contributed by atoms with Crippen molar-refractivity contribution in [2.24, 2.45) is 12.8 Å². The van der Waals surface area contributed by atoms with E-state index in [9.17, 15) is 0 Å². The second kappa shape index (κ2) is 2.57. The van der Waals surface area contributed by atoms with Gasteiger partial charge in [-0.15, -0.1) is 0 Å². The monoisotopic (exact) mass is 166 g/mol. The van der Waals surface area contributed by atoms with Gasteiger partial charge < -0.3 is 11.1 Å². The van der Waals surface area contributed by atoms with Gasteiger partial charge in [0, 0.05) is 44.0 Å². The second-order valence-electron chi connectivity index (χ2n) is 3.59. The van der Waals surface area contributed by atoms with E-state index in [1.807, 2.05) is 24.0 Å². The van der Waals surface area contributed by atoms with Gasteiger partial charge in [0.1, 0.15) is 0 Å². The van der Waals surface area contributed by atoms with Crippen molar-refractivity contribution in [3.8, 4) is 0 Å². The predicted octanol–water partition coefficient (Wildman–Crippen LogP) is -0.737. The van der Waals surface area contributed by atoms with Crippen molar-refractivity contribution in [2.45, 2.75) is 12.0 Å². The third-order valence-electron chi connectivity index (χ3n) is 2.41. The molecule has 2 rings (SSSR count). The Morgan fingerprint density at radius 2 is 2.50 bits per heavy atom. The van der Waals surface area contributed by atoms with E-state index in [4.69, 9.17) is 5.73 Å². The molecule has 1 saturated heterocycles. The van der Waals surface area contributed by atoms with Crippen LogP contribution in [0.25, 0.3) is 0 Å². The molecular formula is C8H14N4. The van der Waals surface area contributed by atoms with Crippen molar-refractivity contribution in [1.29, 1.82) is 0 Å². The summed E-state index contributed by atoms with van der Waals surface area (Å²) >= 11 is 0. The topological polar surface area (TPSA) is 55.9 Å². The van der Waals surface area contributed by atoms with E-state index in [1.165, 1.54) is 5.69 Å². The lowest BCUT2D eigenvalue weighted by atomic mass is 9.88. The van der Waals surface area contributed by atoms with Crippen molar-refractivity contribution in [2.75, 3.05) is 13.1 Å². The fraction of sp³-hybridized carbons (Fsp3) is 0.625. The lowest BCUT2D eigenvalue weighted by molar-refractivity contribution is 0.274. The molecule has 0 atom stereocenters. The Morgan fingerprint density at radius 3 is 2.92 bits per heavy atom. The number of nitrogens with zero attached hydrogens (tertiary/aromatic N) is 2. The number of nitrogens with two attached hydrogens (primary N) is 1. The van der Waals surface area contributed by atoms with Crippen LogP contribution in [0, 0.1) is 0 Å². The Morgan fingerprint density at radius 1 is 1.75 bits per heavy atom. The first-order chi connectivity index (χ1) is 5.70. The molecule has 1 aromatic rings. The highest BCUT2D eigenvalue weighted by molar-refractivity contribution is 5.11. The standard InChI is InChI=1S/C8H14N4/c1-12-7(2-3-11-12)4-8(9)5-10-6-8/h2-3,10H,4-6,9H2,1H3. The Bertz CT molecular complexity index is 274. The fourth-order valence-corrected chi connectivity index (χ4v) is 1.51. The van der Waals surface area contributed by atoms with Crippen molar-refractivity contribution < 1.29 is 0 Å². The van der Waals surface area contributed by atoms with E-state index >= 15 is 0 Å². The Labute approximate surface area is 71.7 Å². The molecule has 0 bridgehead atoms. The Kier molecular flexibility index (Phi) is 1.66. The molecule has 1 aromatic heterocycles. The first-order valence-electron chi connectivity index (χ1n) is 4.16. The summed E-state index contributed by atoms with van der Waals surface area (Å²) < 4.78 is 1.88. The van der Waals surface area contributed by atoms with Crippen LogP contribution in [-0.4, -0.2) is 28.4 Å². The minimum Gasteiger partial charge on any atom is -0.323 e. The normalized spacial score (nSPS) is 20.5. The number of hydrogen-bond acceptors (Lipinski definition) is 3. The summed E-state index contributed by atoms with van der Waals surface area (Å²) in [7, 11) is 1.95. The summed E-state index contributed by atoms with van der Waals surface area (Å²) in [5, 5.41) is 7.28. The summed E-state index contributed by atoms with van der Waals surface area (Å²) in [5.74, 6) is 0. The van der Waals surface area contributed by atoms with Crippen LogP contribution in [0.2, 0.25) is 0 Å². The molecule has 0 spiro atoms. The molecule has 4 nitrogen and oxygen atoms in total. The lowest BCUT2D eigenvalue weighted by Gasteiger charge is -2.39. The van der Waals surface area contributed by atoms with Crippen LogP contribution in [0.4, 0.5) is 0 Å². The van der Waals surface area contributed by atoms with Crippen molar-refractivity contribution in [3.05, 3.63) is 18.0 Å². The molecule has 0 amide bonds. The minimum atomic E-state index is -0.0339. The van der Waals surface area contributed by atoms with Crippen LogP contribution < -0.4 is 11.1 Å². The third-order valence-corrected chi connectivity index (χ3v) is 2.41. The SMILES string of the molecule is Cn1nccc1CC1(N)CNC1. The maximum atomic E-state index is 6.06. The van der Waals surface area contributed by atoms with Crippen molar-refractivity contribution in [3.63, 3.8) is 0 Å². The number of nitrogens with one attached hydrogen (secondary N) is 1. The van der Waals surface area contributed by atoms with E-state index in [1.54, 1.807) is 0 Å². The second-order valence-corrected chi connectivity index (χ2v) is 3.59. The maximum Gasteiger partial charge on any atom is 0.0492 e. The van der Waals surface area contributed by atoms with Gasteiger partial charge in [0.15, 0.2) is 0 Å². The zero-order valence-corrected chi connectivity index (χ0v) is 7.25. The van der Waals surface area contributed by atoms with Crippen LogP contribution in [0.5, 0.6) is 0 Å². The average molecular weight is 166 g/mol. The smallest absolute Gasteiger partial charge is 0.0492 e. The van der Waals surface area contributed by atoms with Crippen LogP contribution >= 0.6 is 0 Å². The molecular weight excluding hydrogens is 152 g/mol. The average Bonchev–Trinajstić information content (AvgIpc) is 2.34. The zero-order chi connectivity index (χ0) is 8.60. The molecule has 2 heterocycles. The van der Waals surface area contributed by atoms with Crippen LogP contribution in [0.15, 0.2) is 12.3 Å². The number of hydrogen-bond donors (Lipinski definition) is 2. The van der Waals surface area contributed by atoms with Crippen LogP contribution in [-0.2, 0) is 13.5 Å². The van der Waals surface area contributed by atoms with Gasteiger partial charge in [0.2, 0.25) is 0 Å². The maximum absolute atomic E-state index is 6.06. The van der Waals surface area contributed by atoms with Crippen LogP contribution in [0.1, 0.15) is 5.69 Å². The molecule has 0 saturated carbocycles. The minimum absolute atomic E-state index is 0.0339. The van der Waals surface area contributed by atoms with Crippen LogP contribution in [0.3, 0.4) is 0 Å². The summed E-state index contributed by atoms with van der Waals surface area (Å²) in [5.41, 5.74) is 7.23. The molecule has 12 heavy (non-hydrogen) atoms. The van der Waals surface area contributed by atoms with E-state index in [0.717, 1.165) is 19.5 Å². The van der Waals surface area contributed by atoms with Gasteiger partial charge in [0.05, 0.1) is 0 Å². The quantitative estimate of drug-likeness (QED) is 0.608. The van der Waals surface area contributed by atoms with Gasteiger partial charge >= 0.3 is 0 Å². The molecule has 66 valence electrons. The summed E-state index contributed by atoms with van der Waals surface area (Å²) in [6.45, 7) is 1.83. The van der Waals surface area contributed by atoms with Gasteiger partial charge in [-0.2, -0.15) is 5.10 Å². The molecule has 4 heteroatoms. The molecule has 0 radical (unpaired) electrons. The number of aryl methyl sites for hydroxylation is 1. The van der Waals surface area contributed by atoms with E-state index in [2.05, 4.69) is 10.4 Å². The highest BCUT2D eigenvalue weighted by Crippen LogP contribution is 2.13. The first kappa shape index (κ1) is 7.76. The van der Waals surface area contributed by atoms with Gasteiger partial charge in [-0.25, -0.2) is 0 Å². The predicted molar refractivity (Wildman–Crippen MR) is 46.7 cm³/mol. The molecule has 0 aromatic carbocycles. The summed E-state index contributed by atoms with van der Waals surface area (Å²) in [4.78, 5) is 0. The van der Waals surface area contributed by atoms with Gasteiger partial charge in [-0.1, -0.05) is 0 Å². The Hall–Kier alpha value is -0.870. The largest absolute Gasteiger partial charge is 0.323 e. The summed E-state index contributed by atoms with van der Waals surface area (Å²) in [6.07, 6.45) is 2.72. The molecule has 1 fully saturated rings. The lowest BCUT2D eigenvalue weighted by Crippen LogP contribution is -2.66. The number of rotatable bonds is 2. The van der Waals surface area contributed by atoms with E-state index in [0.29, 0.717) is 0 Å². The van der Waals surface area contributed by atoms with Gasteiger partial charge in [-0.05, 0) is 6.07 Å². The van der Waals surface area contributed by atoms with E-state index < -0.39 is 0 Å². The van der Waals surface area contributed by atoms with Gasteiger partial charge in [-0.3, -0.25) is 4.68 Å². The molecule has 0 unspecified atom stereocenters. The summed E-state index contributed by atoms with van der Waals surface area (Å²) in [6, 6.07) is 2.02. The highest BCUT2D eigenvalue weighted by Gasteiger charge is 2.32. The van der Waals surface area contributed by atoms with Gasteiger partial charge in [0.25, 0.3) is 0 Å². The highest BCUT2D eigenvalue weighted by atomic mass is 15.3. The molecule has 3 N–H and O–H groups in total. The molecule has 1 aliphatic rings. The first-order valence-corrected chi connectivity index (χ1v) is 4.16.